The molecule has 0 aliphatic heterocycles. The van der Waals surface area contributed by atoms with Crippen molar-refractivity contribution in [1.82, 2.24) is 9.97 Å². The molecule has 2 heterocycles. The van der Waals surface area contributed by atoms with Crippen LogP contribution in [0, 0.1) is 0 Å². The number of carbonyl (C=O) groups excluding carboxylic acids is 1. The SMILES string of the molecule is O=Cc1cc(-c2cnccn2)cs1. The van der Waals surface area contributed by atoms with Crippen molar-refractivity contribution in [3.8, 4) is 11.3 Å². The van der Waals surface area contributed by atoms with Gasteiger partial charge in [-0.15, -0.1) is 11.3 Å². The van der Waals surface area contributed by atoms with Gasteiger partial charge in [0.15, 0.2) is 6.29 Å². The molecule has 0 unspecified atom stereocenters. The van der Waals surface area contributed by atoms with Gasteiger partial charge in [0.2, 0.25) is 0 Å². The predicted molar refractivity (Wildman–Crippen MR) is 50.7 cm³/mol. The fourth-order valence-electron chi connectivity index (χ4n) is 0.997. The first-order valence-electron chi connectivity index (χ1n) is 3.70. The van der Waals surface area contributed by atoms with E-state index in [-0.39, 0.29) is 0 Å². The lowest BCUT2D eigenvalue weighted by Crippen LogP contribution is -1.80. The summed E-state index contributed by atoms with van der Waals surface area (Å²) in [6.07, 6.45) is 5.77. The molecule has 3 nitrogen and oxygen atoms in total. The third kappa shape index (κ3) is 1.62. The van der Waals surface area contributed by atoms with Crippen LogP contribution >= 0.6 is 11.3 Å². The lowest BCUT2D eigenvalue weighted by molar-refractivity contribution is 0.112. The number of nitrogens with zero attached hydrogens (tertiary/aromatic N) is 2. The molecule has 0 aromatic carbocycles. The maximum atomic E-state index is 10.4. The van der Waals surface area contributed by atoms with Gasteiger partial charge < -0.3 is 0 Å². The van der Waals surface area contributed by atoms with E-state index < -0.39 is 0 Å². The summed E-state index contributed by atoms with van der Waals surface area (Å²) in [7, 11) is 0. The van der Waals surface area contributed by atoms with Crippen molar-refractivity contribution in [3.63, 3.8) is 0 Å². The Labute approximate surface area is 79.1 Å². The zero-order valence-electron chi connectivity index (χ0n) is 6.68. The van der Waals surface area contributed by atoms with Crippen molar-refractivity contribution >= 4 is 17.6 Å². The summed E-state index contributed by atoms with van der Waals surface area (Å²) in [6, 6.07) is 1.81. The molecule has 4 heteroatoms. The smallest absolute Gasteiger partial charge is 0.160 e. The van der Waals surface area contributed by atoms with Gasteiger partial charge in [-0.25, -0.2) is 0 Å². The fraction of sp³-hybridized carbons (Fsp3) is 0. The van der Waals surface area contributed by atoms with Crippen LogP contribution in [0.5, 0.6) is 0 Å². The highest BCUT2D eigenvalue weighted by molar-refractivity contribution is 7.12. The number of aldehydes is 1. The Kier molecular flexibility index (Phi) is 2.14. The second-order valence-electron chi connectivity index (χ2n) is 2.45. The molecule has 0 saturated carbocycles. The van der Waals surface area contributed by atoms with E-state index in [9.17, 15) is 4.79 Å². The van der Waals surface area contributed by atoms with Crippen LogP contribution in [-0.4, -0.2) is 16.3 Å². The quantitative estimate of drug-likeness (QED) is 0.680. The van der Waals surface area contributed by atoms with Gasteiger partial charge in [-0.2, -0.15) is 0 Å². The molecule has 0 fully saturated rings. The van der Waals surface area contributed by atoms with E-state index in [1.54, 1.807) is 18.6 Å². The van der Waals surface area contributed by atoms with E-state index in [2.05, 4.69) is 9.97 Å². The number of rotatable bonds is 2. The van der Waals surface area contributed by atoms with E-state index in [0.29, 0.717) is 4.88 Å². The lowest BCUT2D eigenvalue weighted by atomic mass is 10.2. The Hall–Kier alpha value is -1.55. The Morgan fingerprint density at radius 2 is 2.31 bits per heavy atom. The minimum absolute atomic E-state index is 0.709. The van der Waals surface area contributed by atoms with Crippen LogP contribution in [0.2, 0.25) is 0 Å². The van der Waals surface area contributed by atoms with E-state index >= 15 is 0 Å². The van der Waals surface area contributed by atoms with Gasteiger partial charge in [0, 0.05) is 23.3 Å². The molecule has 2 rings (SSSR count). The highest BCUT2D eigenvalue weighted by Crippen LogP contribution is 2.21. The highest BCUT2D eigenvalue weighted by atomic mass is 32.1. The molecule has 13 heavy (non-hydrogen) atoms. The third-order valence-electron chi connectivity index (χ3n) is 1.59. The van der Waals surface area contributed by atoms with Gasteiger partial charge in [-0.3, -0.25) is 14.8 Å². The number of hydrogen-bond acceptors (Lipinski definition) is 4. The standard InChI is InChI=1S/C9H6N2OS/c12-5-8-3-7(6-13-8)9-4-10-1-2-11-9/h1-6H. The Balaban J connectivity index is 2.41. The molecule has 2 aromatic rings. The molecule has 0 atom stereocenters. The maximum Gasteiger partial charge on any atom is 0.160 e. The van der Waals surface area contributed by atoms with Crippen molar-refractivity contribution in [2.24, 2.45) is 0 Å². The van der Waals surface area contributed by atoms with Gasteiger partial charge in [-0.05, 0) is 6.07 Å². The Morgan fingerprint density at radius 3 is 2.92 bits per heavy atom. The first-order chi connectivity index (χ1) is 6.40. The zero-order chi connectivity index (χ0) is 9.10. The van der Waals surface area contributed by atoms with Crippen LogP contribution in [0.3, 0.4) is 0 Å². The Morgan fingerprint density at radius 1 is 1.38 bits per heavy atom. The topological polar surface area (TPSA) is 42.9 Å². The zero-order valence-corrected chi connectivity index (χ0v) is 7.49. The van der Waals surface area contributed by atoms with Crippen LogP contribution in [0.15, 0.2) is 30.0 Å². The molecular formula is C9H6N2OS. The summed E-state index contributed by atoms with van der Waals surface area (Å²) in [4.78, 5) is 19.2. The molecule has 2 aromatic heterocycles. The second kappa shape index (κ2) is 3.45. The van der Waals surface area contributed by atoms with E-state index in [4.69, 9.17) is 0 Å². The summed E-state index contributed by atoms with van der Waals surface area (Å²) >= 11 is 1.41. The number of aromatic nitrogens is 2. The van der Waals surface area contributed by atoms with Crippen LogP contribution in [-0.2, 0) is 0 Å². The lowest BCUT2D eigenvalue weighted by Gasteiger charge is -1.92. The van der Waals surface area contributed by atoms with E-state index in [0.717, 1.165) is 17.5 Å². The molecule has 0 amide bonds. The monoisotopic (exact) mass is 190 g/mol. The average molecular weight is 190 g/mol. The summed E-state index contributed by atoms with van der Waals surface area (Å²) < 4.78 is 0. The summed E-state index contributed by atoms with van der Waals surface area (Å²) in [6.45, 7) is 0. The van der Waals surface area contributed by atoms with Crippen molar-refractivity contribution in [2.75, 3.05) is 0 Å². The number of thiophene rings is 1. The molecule has 0 bridgehead atoms. The van der Waals surface area contributed by atoms with Gasteiger partial charge >= 0.3 is 0 Å². The minimum atomic E-state index is 0.709. The van der Waals surface area contributed by atoms with Crippen LogP contribution in [0.4, 0.5) is 0 Å². The van der Waals surface area contributed by atoms with Crippen molar-refractivity contribution in [3.05, 3.63) is 34.9 Å². The highest BCUT2D eigenvalue weighted by Gasteiger charge is 2.01. The number of hydrogen-bond donors (Lipinski definition) is 0. The van der Waals surface area contributed by atoms with E-state index in [1.165, 1.54) is 11.3 Å². The Bertz CT molecular complexity index is 411. The predicted octanol–water partition coefficient (Wildman–Crippen LogP) is 2.02. The molecule has 0 aliphatic carbocycles. The van der Waals surface area contributed by atoms with Crippen LogP contribution < -0.4 is 0 Å². The summed E-state index contributed by atoms with van der Waals surface area (Å²) in [5, 5.41) is 1.90. The normalized spacial score (nSPS) is 9.85. The molecule has 0 N–H and O–H groups in total. The first kappa shape index (κ1) is 8.07. The van der Waals surface area contributed by atoms with E-state index in [1.807, 2.05) is 11.4 Å². The van der Waals surface area contributed by atoms with Crippen molar-refractivity contribution < 1.29 is 4.79 Å². The van der Waals surface area contributed by atoms with Crippen molar-refractivity contribution in [1.29, 1.82) is 0 Å². The second-order valence-corrected chi connectivity index (χ2v) is 3.39. The first-order valence-corrected chi connectivity index (χ1v) is 4.58. The third-order valence-corrected chi connectivity index (χ3v) is 2.45. The molecular weight excluding hydrogens is 184 g/mol. The number of carbonyl (C=O) groups is 1. The molecule has 0 saturated heterocycles. The van der Waals surface area contributed by atoms with Crippen LogP contribution in [0.1, 0.15) is 9.67 Å². The molecule has 0 spiro atoms. The van der Waals surface area contributed by atoms with Crippen LogP contribution in [0.25, 0.3) is 11.3 Å². The van der Waals surface area contributed by atoms with Crippen molar-refractivity contribution in [2.45, 2.75) is 0 Å². The van der Waals surface area contributed by atoms with Gasteiger partial charge in [-0.1, -0.05) is 0 Å². The minimum Gasteiger partial charge on any atom is -0.297 e. The summed E-state index contributed by atoms with van der Waals surface area (Å²) in [5.41, 5.74) is 1.74. The molecule has 64 valence electrons. The fourth-order valence-corrected chi connectivity index (χ4v) is 1.70. The van der Waals surface area contributed by atoms with Gasteiger partial charge in [0.05, 0.1) is 16.8 Å². The largest absolute Gasteiger partial charge is 0.297 e. The molecule has 0 aliphatic rings. The van der Waals surface area contributed by atoms with Gasteiger partial charge in [0.1, 0.15) is 0 Å². The maximum absolute atomic E-state index is 10.4. The average Bonchev–Trinajstić information content (AvgIpc) is 2.67. The summed E-state index contributed by atoms with van der Waals surface area (Å²) in [5.74, 6) is 0. The molecule has 0 radical (unpaired) electrons. The van der Waals surface area contributed by atoms with Gasteiger partial charge in [0.25, 0.3) is 0 Å².